The van der Waals surface area contributed by atoms with E-state index in [1.807, 2.05) is 52.4 Å². The monoisotopic (exact) mass is 352 g/mol. The highest BCUT2D eigenvalue weighted by Gasteiger charge is 2.36. The Hall–Kier alpha value is -1.23. The van der Waals surface area contributed by atoms with E-state index in [2.05, 4.69) is 38.0 Å². The van der Waals surface area contributed by atoms with Crippen LogP contribution in [0.1, 0.15) is 94.7 Å². The Labute approximate surface area is 154 Å². The second-order valence-corrected chi connectivity index (χ2v) is 9.53. The molecule has 0 unspecified atom stereocenters. The Kier molecular flexibility index (Phi) is 7.59. The van der Waals surface area contributed by atoms with Crippen LogP contribution in [0.5, 0.6) is 0 Å². The summed E-state index contributed by atoms with van der Waals surface area (Å²) in [5, 5.41) is 8.73. The third kappa shape index (κ3) is 6.89. The summed E-state index contributed by atoms with van der Waals surface area (Å²) in [7, 11) is 0. The van der Waals surface area contributed by atoms with Crippen molar-refractivity contribution in [1.29, 1.82) is 0 Å². The maximum atomic E-state index is 11.8. The van der Waals surface area contributed by atoms with Crippen LogP contribution in [-0.4, -0.2) is 26.3 Å². The fraction of sp³-hybridized carbons (Fsp3) is 0.850. The summed E-state index contributed by atoms with van der Waals surface area (Å²) in [6.45, 7) is 22.1. The fourth-order valence-electron chi connectivity index (χ4n) is 3.39. The number of nitrogens with two attached hydrogens (primary N) is 1. The van der Waals surface area contributed by atoms with Crippen molar-refractivity contribution < 1.29 is 4.79 Å². The van der Waals surface area contributed by atoms with Crippen LogP contribution in [0.15, 0.2) is 6.20 Å². The minimum Gasteiger partial charge on any atom is -0.326 e. The standard InChI is InChI=1S/C18H34N4O.C2H6/c1-13(23)15(2,3)12-18(8,9)22-10-14(20-21-22)16(4,5)11-17(6,7)19;1-2/h10H,11-12,19H2,1-9H3;1-2H3. The number of rotatable bonds is 7. The molecule has 0 spiro atoms. The van der Waals surface area contributed by atoms with Crippen LogP contribution in [-0.2, 0) is 15.7 Å². The zero-order valence-corrected chi connectivity index (χ0v) is 18.3. The average molecular weight is 353 g/mol. The predicted molar refractivity (Wildman–Crippen MR) is 106 cm³/mol. The maximum absolute atomic E-state index is 11.8. The SMILES string of the molecule is CC.CC(=O)C(C)(C)CC(C)(C)n1cc(C(C)(C)CC(C)(C)N)nn1. The Bertz CT molecular complexity index is 562. The molecule has 0 atom stereocenters. The van der Waals surface area contributed by atoms with Crippen molar-refractivity contribution >= 4 is 5.78 Å². The van der Waals surface area contributed by atoms with E-state index in [0.29, 0.717) is 6.42 Å². The Morgan fingerprint density at radius 3 is 1.92 bits per heavy atom. The van der Waals surface area contributed by atoms with Gasteiger partial charge in [-0.3, -0.25) is 4.79 Å². The quantitative estimate of drug-likeness (QED) is 0.786. The number of hydrogen-bond donors (Lipinski definition) is 1. The maximum Gasteiger partial charge on any atom is 0.135 e. The summed E-state index contributed by atoms with van der Waals surface area (Å²) >= 11 is 0. The smallest absolute Gasteiger partial charge is 0.135 e. The van der Waals surface area contributed by atoms with Gasteiger partial charge < -0.3 is 5.73 Å². The molecule has 0 saturated carbocycles. The fourth-order valence-corrected chi connectivity index (χ4v) is 3.39. The molecule has 146 valence electrons. The molecule has 0 radical (unpaired) electrons. The van der Waals surface area contributed by atoms with E-state index in [-0.39, 0.29) is 27.7 Å². The Balaban J connectivity index is 0.00000277. The van der Waals surface area contributed by atoms with E-state index in [1.54, 1.807) is 6.92 Å². The third-order valence-electron chi connectivity index (χ3n) is 4.53. The van der Waals surface area contributed by atoms with Gasteiger partial charge in [-0.15, -0.1) is 5.10 Å². The highest BCUT2D eigenvalue weighted by Crippen LogP contribution is 2.35. The molecule has 1 heterocycles. The van der Waals surface area contributed by atoms with Crippen LogP contribution >= 0.6 is 0 Å². The average Bonchev–Trinajstić information content (AvgIpc) is 2.88. The van der Waals surface area contributed by atoms with Gasteiger partial charge in [0.2, 0.25) is 0 Å². The number of Topliss-reactive ketones (excluding diaryl/α,β-unsaturated/α-hetero) is 1. The van der Waals surface area contributed by atoms with Crippen molar-refractivity contribution in [3.8, 4) is 0 Å². The van der Waals surface area contributed by atoms with Gasteiger partial charge in [0.25, 0.3) is 0 Å². The molecular weight excluding hydrogens is 312 g/mol. The van der Waals surface area contributed by atoms with Gasteiger partial charge >= 0.3 is 0 Å². The lowest BCUT2D eigenvalue weighted by Crippen LogP contribution is -2.39. The lowest BCUT2D eigenvalue weighted by molar-refractivity contribution is -0.126. The second-order valence-electron chi connectivity index (χ2n) is 9.53. The molecule has 0 aliphatic carbocycles. The number of hydrogen-bond acceptors (Lipinski definition) is 4. The molecule has 5 heteroatoms. The van der Waals surface area contributed by atoms with Crippen molar-refractivity contribution in [2.45, 2.75) is 105 Å². The molecular formula is C20H40N4O. The van der Waals surface area contributed by atoms with Gasteiger partial charge in [0.15, 0.2) is 0 Å². The summed E-state index contributed by atoms with van der Waals surface area (Å²) in [4.78, 5) is 11.8. The molecule has 0 bridgehead atoms. The van der Waals surface area contributed by atoms with Crippen LogP contribution < -0.4 is 5.73 Å². The molecule has 1 aromatic heterocycles. The highest BCUT2D eigenvalue weighted by molar-refractivity contribution is 5.81. The van der Waals surface area contributed by atoms with Crippen LogP contribution in [0.2, 0.25) is 0 Å². The van der Waals surface area contributed by atoms with Gasteiger partial charge in [0.1, 0.15) is 5.78 Å². The van der Waals surface area contributed by atoms with Crippen LogP contribution in [0.4, 0.5) is 0 Å². The largest absolute Gasteiger partial charge is 0.326 e. The van der Waals surface area contributed by atoms with E-state index in [4.69, 9.17) is 5.73 Å². The molecule has 5 nitrogen and oxygen atoms in total. The normalized spacial score (nSPS) is 13.3. The molecule has 0 aromatic carbocycles. The molecule has 0 saturated heterocycles. The summed E-state index contributed by atoms with van der Waals surface area (Å²) < 4.78 is 1.89. The van der Waals surface area contributed by atoms with Gasteiger partial charge in [0, 0.05) is 22.6 Å². The first-order chi connectivity index (χ1) is 11.1. The third-order valence-corrected chi connectivity index (χ3v) is 4.53. The van der Waals surface area contributed by atoms with Gasteiger partial charge in [0.05, 0.1) is 11.2 Å². The van der Waals surface area contributed by atoms with Crippen molar-refractivity contribution in [3.05, 3.63) is 11.9 Å². The molecule has 25 heavy (non-hydrogen) atoms. The van der Waals surface area contributed by atoms with Crippen LogP contribution in [0, 0.1) is 5.41 Å². The zero-order valence-electron chi connectivity index (χ0n) is 18.3. The van der Waals surface area contributed by atoms with E-state index >= 15 is 0 Å². The minimum atomic E-state index is -0.385. The number of carbonyl (C=O) groups is 1. The molecule has 1 aromatic rings. The van der Waals surface area contributed by atoms with Gasteiger partial charge in [-0.1, -0.05) is 46.8 Å². The molecule has 0 aliphatic heterocycles. The first kappa shape index (κ1) is 23.8. The predicted octanol–water partition coefficient (Wildman–Crippen LogP) is 4.45. The second kappa shape index (κ2) is 7.98. The summed E-state index contributed by atoms with van der Waals surface area (Å²) in [6.07, 6.45) is 3.53. The van der Waals surface area contributed by atoms with Crippen molar-refractivity contribution in [3.63, 3.8) is 0 Å². The first-order valence-electron chi connectivity index (χ1n) is 9.30. The first-order valence-corrected chi connectivity index (χ1v) is 9.30. The topological polar surface area (TPSA) is 73.8 Å². The van der Waals surface area contributed by atoms with E-state index in [1.165, 1.54) is 0 Å². The van der Waals surface area contributed by atoms with Crippen LogP contribution in [0.25, 0.3) is 0 Å². The van der Waals surface area contributed by atoms with Crippen molar-refractivity contribution in [1.82, 2.24) is 15.0 Å². The summed E-state index contributed by atoms with van der Waals surface area (Å²) in [5.74, 6) is 0.191. The van der Waals surface area contributed by atoms with Crippen LogP contribution in [0.3, 0.4) is 0 Å². The summed E-state index contributed by atoms with van der Waals surface area (Å²) in [5.41, 5.74) is 6.03. The van der Waals surface area contributed by atoms with E-state index in [0.717, 1.165) is 12.1 Å². The number of aromatic nitrogens is 3. The van der Waals surface area contributed by atoms with Crippen molar-refractivity contribution in [2.24, 2.45) is 11.1 Å². The Morgan fingerprint density at radius 2 is 1.52 bits per heavy atom. The lowest BCUT2D eigenvalue weighted by atomic mass is 9.77. The lowest BCUT2D eigenvalue weighted by Gasteiger charge is -2.33. The van der Waals surface area contributed by atoms with Crippen molar-refractivity contribution in [2.75, 3.05) is 0 Å². The highest BCUT2D eigenvalue weighted by atomic mass is 16.1. The van der Waals surface area contributed by atoms with Gasteiger partial charge in [-0.05, 0) is 47.5 Å². The molecule has 0 fully saturated rings. The Morgan fingerprint density at radius 1 is 1.04 bits per heavy atom. The molecule has 2 N–H and O–H groups in total. The summed E-state index contributed by atoms with van der Waals surface area (Å²) in [6, 6.07) is 0. The van der Waals surface area contributed by atoms with Gasteiger partial charge in [-0.2, -0.15) is 0 Å². The zero-order chi connectivity index (χ0) is 20.3. The molecule has 1 rings (SSSR count). The van der Waals surface area contributed by atoms with Gasteiger partial charge in [-0.25, -0.2) is 4.68 Å². The number of nitrogens with zero attached hydrogens (tertiary/aromatic N) is 3. The minimum absolute atomic E-state index is 0.150. The number of ketones is 1. The molecule has 0 amide bonds. The van der Waals surface area contributed by atoms with E-state index < -0.39 is 0 Å². The van der Waals surface area contributed by atoms with E-state index in [9.17, 15) is 4.79 Å². The number of carbonyl (C=O) groups excluding carboxylic acids is 1. The molecule has 0 aliphatic rings.